The lowest BCUT2D eigenvalue weighted by Gasteiger charge is -2.23. The number of nitrogens with one attached hydrogen (secondary N) is 1. The second kappa shape index (κ2) is 5.97. The van der Waals surface area contributed by atoms with Crippen molar-refractivity contribution in [2.75, 3.05) is 13.1 Å². The van der Waals surface area contributed by atoms with Crippen LogP contribution in [-0.4, -0.2) is 54.0 Å². The SMILES string of the molecule is Cc1ncc(C(=O)N2C[C@H]3CCC[C@@]3(c3nc(-c4cnccn4)no3)C2)[nH]1. The molecule has 27 heavy (non-hydrogen) atoms. The zero-order valence-electron chi connectivity index (χ0n) is 14.9. The number of amides is 1. The predicted octanol–water partition coefficient (Wildman–Crippen LogP) is 1.75. The predicted molar refractivity (Wildman–Crippen MR) is 93.6 cm³/mol. The molecule has 0 radical (unpaired) electrons. The number of imidazole rings is 1. The van der Waals surface area contributed by atoms with Crippen LogP contribution >= 0.6 is 0 Å². The van der Waals surface area contributed by atoms with E-state index in [0.717, 1.165) is 25.1 Å². The lowest BCUT2D eigenvalue weighted by molar-refractivity contribution is 0.0769. The number of likely N-dealkylation sites (tertiary alicyclic amines) is 1. The van der Waals surface area contributed by atoms with Crippen LogP contribution in [0, 0.1) is 12.8 Å². The van der Waals surface area contributed by atoms with Gasteiger partial charge in [0.2, 0.25) is 11.7 Å². The van der Waals surface area contributed by atoms with E-state index >= 15 is 0 Å². The fraction of sp³-hybridized carbons (Fsp3) is 0.444. The van der Waals surface area contributed by atoms with E-state index < -0.39 is 0 Å². The fourth-order valence-electron chi connectivity index (χ4n) is 4.44. The van der Waals surface area contributed by atoms with Crippen molar-refractivity contribution in [3.05, 3.63) is 42.2 Å². The number of hydrogen-bond acceptors (Lipinski definition) is 7. The van der Waals surface area contributed by atoms with Gasteiger partial charge < -0.3 is 14.4 Å². The highest BCUT2D eigenvalue weighted by Crippen LogP contribution is 2.50. The summed E-state index contributed by atoms with van der Waals surface area (Å²) in [6.45, 7) is 3.11. The maximum Gasteiger partial charge on any atom is 0.271 e. The maximum absolute atomic E-state index is 12.9. The molecular formula is C18H19N7O2. The summed E-state index contributed by atoms with van der Waals surface area (Å²) >= 11 is 0. The van der Waals surface area contributed by atoms with Crippen LogP contribution in [0.25, 0.3) is 11.5 Å². The van der Waals surface area contributed by atoms with Crippen molar-refractivity contribution in [1.82, 2.24) is 35.0 Å². The number of nitrogens with zero attached hydrogens (tertiary/aromatic N) is 6. The summed E-state index contributed by atoms with van der Waals surface area (Å²) in [5, 5.41) is 4.11. The highest BCUT2D eigenvalue weighted by atomic mass is 16.5. The Balaban J connectivity index is 1.45. The van der Waals surface area contributed by atoms with Gasteiger partial charge in [-0.05, 0) is 25.7 Å². The largest absolute Gasteiger partial charge is 0.338 e. The quantitative estimate of drug-likeness (QED) is 0.752. The minimum atomic E-state index is -0.280. The molecule has 0 bridgehead atoms. The molecule has 3 aromatic rings. The molecule has 2 fully saturated rings. The summed E-state index contributed by atoms with van der Waals surface area (Å²) in [5.74, 6) is 2.06. The van der Waals surface area contributed by atoms with Gasteiger partial charge in [0.1, 0.15) is 17.2 Å². The van der Waals surface area contributed by atoms with Crippen LogP contribution in [-0.2, 0) is 5.41 Å². The first-order chi connectivity index (χ1) is 13.2. The molecule has 1 aliphatic carbocycles. The summed E-state index contributed by atoms with van der Waals surface area (Å²) in [5.41, 5.74) is 0.823. The zero-order valence-corrected chi connectivity index (χ0v) is 14.9. The molecule has 3 aromatic heterocycles. The van der Waals surface area contributed by atoms with E-state index in [1.165, 1.54) is 0 Å². The summed E-state index contributed by atoms with van der Waals surface area (Å²) in [6.07, 6.45) is 9.50. The standard InChI is InChI=1S/C18H19N7O2/c1-11-21-8-14(22-11)16(26)25-9-12-3-2-4-18(12,10-25)17-23-15(24-27-17)13-7-19-5-6-20-13/h5-8,12H,2-4,9-10H2,1H3,(H,21,22)/t12-,18-/m1/s1. The number of aromatic nitrogens is 6. The number of rotatable bonds is 3. The molecule has 1 saturated heterocycles. The summed E-state index contributed by atoms with van der Waals surface area (Å²) in [6, 6.07) is 0. The van der Waals surface area contributed by atoms with Crippen LogP contribution in [0.1, 0.15) is 41.5 Å². The molecule has 1 N–H and O–H groups in total. The van der Waals surface area contributed by atoms with Gasteiger partial charge in [-0.15, -0.1) is 0 Å². The molecule has 4 heterocycles. The number of carbonyl (C=O) groups excluding carboxylic acids is 1. The van der Waals surface area contributed by atoms with Crippen molar-refractivity contribution < 1.29 is 9.32 Å². The number of aromatic amines is 1. The van der Waals surface area contributed by atoms with Gasteiger partial charge in [0.15, 0.2) is 0 Å². The molecular weight excluding hydrogens is 346 g/mol. The molecule has 5 rings (SSSR count). The summed E-state index contributed by atoms with van der Waals surface area (Å²) < 4.78 is 5.66. The fourth-order valence-corrected chi connectivity index (χ4v) is 4.44. The first kappa shape index (κ1) is 16.1. The van der Waals surface area contributed by atoms with E-state index in [1.54, 1.807) is 24.8 Å². The van der Waals surface area contributed by atoms with Gasteiger partial charge in [-0.3, -0.25) is 9.78 Å². The Labute approximate surface area is 155 Å². The Kier molecular flexibility index (Phi) is 3.56. The van der Waals surface area contributed by atoms with E-state index in [9.17, 15) is 4.79 Å². The van der Waals surface area contributed by atoms with Crippen LogP contribution in [0.3, 0.4) is 0 Å². The number of H-pyrrole nitrogens is 1. The molecule has 9 nitrogen and oxygen atoms in total. The third kappa shape index (κ3) is 2.53. The molecule has 9 heteroatoms. The Morgan fingerprint density at radius 1 is 1.33 bits per heavy atom. The van der Waals surface area contributed by atoms with Gasteiger partial charge in [0, 0.05) is 25.5 Å². The molecule has 1 saturated carbocycles. The smallest absolute Gasteiger partial charge is 0.271 e. The van der Waals surface area contributed by atoms with E-state index in [1.807, 2.05) is 11.8 Å². The second-order valence-corrected chi connectivity index (χ2v) is 7.33. The van der Waals surface area contributed by atoms with Gasteiger partial charge in [-0.2, -0.15) is 4.98 Å². The number of carbonyl (C=O) groups is 1. The first-order valence-electron chi connectivity index (χ1n) is 9.07. The maximum atomic E-state index is 12.9. The van der Waals surface area contributed by atoms with Crippen LogP contribution in [0.15, 0.2) is 29.3 Å². The third-order valence-electron chi connectivity index (χ3n) is 5.74. The monoisotopic (exact) mass is 365 g/mol. The molecule has 2 atom stereocenters. The Hall–Kier alpha value is -3.10. The van der Waals surface area contributed by atoms with Crippen molar-refractivity contribution in [1.29, 1.82) is 0 Å². The average molecular weight is 365 g/mol. The van der Waals surface area contributed by atoms with E-state index in [2.05, 4.69) is 30.1 Å². The van der Waals surface area contributed by atoms with Crippen molar-refractivity contribution >= 4 is 5.91 Å². The van der Waals surface area contributed by atoms with Crippen LogP contribution in [0.2, 0.25) is 0 Å². The Morgan fingerprint density at radius 2 is 2.26 bits per heavy atom. The van der Waals surface area contributed by atoms with E-state index in [-0.39, 0.29) is 11.3 Å². The highest BCUT2D eigenvalue weighted by molar-refractivity contribution is 5.92. The molecule has 0 unspecified atom stereocenters. The topological polar surface area (TPSA) is 114 Å². The molecule has 138 valence electrons. The van der Waals surface area contributed by atoms with Gasteiger partial charge in [0.05, 0.1) is 17.8 Å². The number of fused-ring (bicyclic) bond motifs is 1. The third-order valence-corrected chi connectivity index (χ3v) is 5.74. The number of hydrogen-bond donors (Lipinski definition) is 1. The minimum absolute atomic E-state index is 0.0296. The molecule has 1 aliphatic heterocycles. The van der Waals surface area contributed by atoms with Gasteiger partial charge in [-0.25, -0.2) is 9.97 Å². The number of aryl methyl sites for hydroxylation is 1. The van der Waals surface area contributed by atoms with E-state index in [4.69, 9.17) is 4.52 Å². The van der Waals surface area contributed by atoms with E-state index in [0.29, 0.717) is 42.1 Å². The van der Waals surface area contributed by atoms with Crippen LogP contribution < -0.4 is 0 Å². The second-order valence-electron chi connectivity index (χ2n) is 7.33. The molecule has 0 spiro atoms. The highest BCUT2D eigenvalue weighted by Gasteiger charge is 2.55. The summed E-state index contributed by atoms with van der Waals surface area (Å²) in [7, 11) is 0. The zero-order chi connectivity index (χ0) is 18.4. The van der Waals surface area contributed by atoms with Crippen LogP contribution in [0.4, 0.5) is 0 Å². The van der Waals surface area contributed by atoms with Crippen molar-refractivity contribution in [2.24, 2.45) is 5.92 Å². The van der Waals surface area contributed by atoms with Gasteiger partial charge >= 0.3 is 0 Å². The van der Waals surface area contributed by atoms with Crippen LogP contribution in [0.5, 0.6) is 0 Å². The lowest BCUT2D eigenvalue weighted by Crippen LogP contribution is -2.35. The normalized spacial score (nSPS) is 24.3. The van der Waals surface area contributed by atoms with Gasteiger partial charge in [-0.1, -0.05) is 11.6 Å². The van der Waals surface area contributed by atoms with Crippen molar-refractivity contribution in [2.45, 2.75) is 31.6 Å². The van der Waals surface area contributed by atoms with Crippen molar-refractivity contribution in [3.63, 3.8) is 0 Å². The molecule has 2 aliphatic rings. The Morgan fingerprint density at radius 3 is 3.04 bits per heavy atom. The minimum Gasteiger partial charge on any atom is -0.338 e. The first-order valence-corrected chi connectivity index (χ1v) is 9.07. The molecule has 0 aromatic carbocycles. The molecule has 1 amide bonds. The summed E-state index contributed by atoms with van der Waals surface area (Å²) in [4.78, 5) is 34.8. The van der Waals surface area contributed by atoms with Gasteiger partial charge in [0.25, 0.3) is 5.91 Å². The average Bonchev–Trinajstić information content (AvgIpc) is 3.44. The van der Waals surface area contributed by atoms with Crippen molar-refractivity contribution in [3.8, 4) is 11.5 Å². The lowest BCUT2D eigenvalue weighted by atomic mass is 9.80. The Bertz CT molecular complexity index is 983.